The summed E-state index contributed by atoms with van der Waals surface area (Å²) in [6, 6.07) is 46.1. The zero-order valence-electron chi connectivity index (χ0n) is 26.3. The average molecular weight is 632 g/mol. The van der Waals surface area contributed by atoms with Crippen LogP contribution in [0.4, 0.5) is 0 Å². The number of hydrogen-bond acceptors (Lipinski definition) is 5. The molecule has 0 aliphatic heterocycles. The Hall–Kier alpha value is -6.66. The number of ether oxygens (including phenoxy) is 1. The summed E-state index contributed by atoms with van der Waals surface area (Å²) in [5, 5.41) is 10.1. The Bertz CT molecular complexity index is 3150. The van der Waals surface area contributed by atoms with Gasteiger partial charge >= 0.3 is 0 Å². The molecule has 0 aliphatic carbocycles. The van der Waals surface area contributed by atoms with Crippen molar-refractivity contribution < 1.29 is 13.6 Å². The molecule has 4 aromatic heterocycles. The third kappa shape index (κ3) is 3.65. The largest absolute Gasteiger partial charge is 0.497 e. The van der Waals surface area contributed by atoms with Gasteiger partial charge in [-0.05, 0) is 76.1 Å². The first kappa shape index (κ1) is 26.4. The van der Waals surface area contributed by atoms with E-state index >= 15 is 0 Å². The lowest BCUT2D eigenvalue weighted by molar-refractivity contribution is 0.415. The highest BCUT2D eigenvalue weighted by atomic mass is 16.5. The second-order valence-electron chi connectivity index (χ2n) is 12.5. The number of para-hydroxylation sites is 1. The summed E-state index contributed by atoms with van der Waals surface area (Å²) in [7, 11) is 1.67. The highest BCUT2D eigenvalue weighted by Crippen LogP contribution is 2.44. The Balaban J connectivity index is 1.33. The van der Waals surface area contributed by atoms with Crippen LogP contribution in [0, 0.1) is 0 Å². The van der Waals surface area contributed by atoms with E-state index < -0.39 is 0 Å². The van der Waals surface area contributed by atoms with E-state index in [4.69, 9.17) is 23.5 Å². The number of benzene rings is 7. The van der Waals surface area contributed by atoms with Gasteiger partial charge in [-0.2, -0.15) is 0 Å². The molecule has 230 valence electrons. The highest BCUT2D eigenvalue weighted by molar-refractivity contribution is 6.27. The molecule has 0 N–H and O–H groups in total. The Morgan fingerprint density at radius 1 is 0.531 bits per heavy atom. The number of rotatable bonds is 3. The predicted octanol–water partition coefficient (Wildman–Crippen LogP) is 11.4. The predicted molar refractivity (Wildman–Crippen MR) is 198 cm³/mol. The third-order valence-corrected chi connectivity index (χ3v) is 9.91. The van der Waals surface area contributed by atoms with Crippen LogP contribution < -0.4 is 4.74 Å². The first-order valence-corrected chi connectivity index (χ1v) is 16.3. The molecule has 0 aliphatic rings. The molecule has 0 amide bonds. The second-order valence-corrected chi connectivity index (χ2v) is 12.5. The molecule has 0 saturated carbocycles. The zero-order valence-corrected chi connectivity index (χ0v) is 26.3. The first-order chi connectivity index (χ1) is 24.2. The number of methoxy groups -OCH3 is 1. The van der Waals surface area contributed by atoms with Crippen LogP contribution in [0.3, 0.4) is 0 Å². The van der Waals surface area contributed by atoms with Gasteiger partial charge in [-0.3, -0.25) is 4.57 Å². The van der Waals surface area contributed by atoms with E-state index in [0.29, 0.717) is 17.2 Å². The van der Waals surface area contributed by atoms with Crippen LogP contribution in [0.1, 0.15) is 0 Å². The Morgan fingerprint density at radius 2 is 1.24 bits per heavy atom. The summed E-state index contributed by atoms with van der Waals surface area (Å²) >= 11 is 0. The van der Waals surface area contributed by atoms with Crippen molar-refractivity contribution in [2.45, 2.75) is 0 Å². The Kier molecular flexibility index (Phi) is 5.22. The molecule has 0 bridgehead atoms. The van der Waals surface area contributed by atoms with Crippen molar-refractivity contribution in [2.24, 2.45) is 0 Å². The van der Waals surface area contributed by atoms with Crippen molar-refractivity contribution in [3.63, 3.8) is 0 Å². The van der Waals surface area contributed by atoms with Gasteiger partial charge in [0, 0.05) is 38.6 Å². The minimum atomic E-state index is 0.494. The van der Waals surface area contributed by atoms with Crippen LogP contribution in [0.15, 0.2) is 142 Å². The molecule has 7 aromatic carbocycles. The van der Waals surface area contributed by atoms with E-state index in [2.05, 4.69) is 89.5 Å². The van der Waals surface area contributed by atoms with E-state index in [1.165, 1.54) is 21.5 Å². The molecule has 0 saturated heterocycles. The summed E-state index contributed by atoms with van der Waals surface area (Å²) in [6.07, 6.45) is 0. The molecule has 11 aromatic rings. The van der Waals surface area contributed by atoms with Gasteiger partial charge in [0.15, 0.2) is 5.82 Å². The van der Waals surface area contributed by atoms with Gasteiger partial charge < -0.3 is 13.6 Å². The molecule has 11 rings (SSSR count). The van der Waals surface area contributed by atoms with Crippen LogP contribution in [0.2, 0.25) is 0 Å². The van der Waals surface area contributed by atoms with Crippen molar-refractivity contribution in [2.75, 3.05) is 7.11 Å². The zero-order chi connectivity index (χ0) is 32.2. The molecule has 0 radical (unpaired) electrons. The van der Waals surface area contributed by atoms with E-state index in [1.807, 2.05) is 48.5 Å². The fraction of sp³-hybridized carbons (Fsp3) is 0.0233. The van der Waals surface area contributed by atoms with Crippen molar-refractivity contribution in [3.8, 4) is 22.8 Å². The molecular formula is C43H25N3O3. The van der Waals surface area contributed by atoms with Crippen LogP contribution >= 0.6 is 0 Å². The SMILES string of the molecule is COc1ccc(-c2nc3oc4ccccc4c3nc2-n2c3cc4oc5ccc6ccccc6c5c4cc3c3c4ccccc4ccc32)cc1. The number of furan rings is 2. The molecular weight excluding hydrogens is 606 g/mol. The number of fused-ring (bicyclic) bond motifs is 13. The highest BCUT2D eigenvalue weighted by Gasteiger charge is 2.24. The summed E-state index contributed by atoms with van der Waals surface area (Å²) in [5.41, 5.74) is 7.27. The maximum Gasteiger partial charge on any atom is 0.247 e. The van der Waals surface area contributed by atoms with Crippen molar-refractivity contribution in [1.82, 2.24) is 14.5 Å². The third-order valence-electron chi connectivity index (χ3n) is 9.91. The van der Waals surface area contributed by atoms with Gasteiger partial charge in [-0.25, -0.2) is 9.97 Å². The number of aromatic nitrogens is 3. The van der Waals surface area contributed by atoms with Crippen molar-refractivity contribution in [1.29, 1.82) is 0 Å². The Labute approximate surface area is 278 Å². The van der Waals surface area contributed by atoms with Crippen LogP contribution in [-0.4, -0.2) is 21.6 Å². The topological polar surface area (TPSA) is 66.2 Å². The van der Waals surface area contributed by atoms with Gasteiger partial charge in [0.2, 0.25) is 5.71 Å². The van der Waals surface area contributed by atoms with Crippen LogP contribution in [-0.2, 0) is 0 Å². The number of hydrogen-bond donors (Lipinski definition) is 0. The standard InChI is InChI=1S/C43H25N3O3/c1-47-27-18-14-26(15-19-27)40-42(44-41-30-12-6-7-13-35(30)49-43(41)45-40)46-33-20-16-24-8-2-4-10-28(24)38(33)31-22-32-37(23-34(31)46)48-36-21-17-25-9-3-5-11-29(25)39(32)36/h2-23H,1H3. The lowest BCUT2D eigenvalue weighted by Gasteiger charge is -2.13. The fourth-order valence-electron chi connectivity index (χ4n) is 7.67. The molecule has 4 heterocycles. The molecule has 6 nitrogen and oxygen atoms in total. The fourth-order valence-corrected chi connectivity index (χ4v) is 7.67. The Morgan fingerprint density at radius 3 is 2.04 bits per heavy atom. The summed E-state index contributed by atoms with van der Waals surface area (Å²) < 4.78 is 20.6. The van der Waals surface area contributed by atoms with Crippen LogP contribution in [0.5, 0.6) is 5.75 Å². The normalized spacial score (nSPS) is 12.2. The summed E-state index contributed by atoms with van der Waals surface area (Å²) in [6.45, 7) is 0. The van der Waals surface area contributed by atoms with E-state index in [1.54, 1.807) is 7.11 Å². The van der Waals surface area contributed by atoms with Gasteiger partial charge in [0.05, 0.1) is 18.1 Å². The molecule has 6 heteroatoms. The molecule has 0 spiro atoms. The first-order valence-electron chi connectivity index (χ1n) is 16.3. The lowest BCUT2D eigenvalue weighted by atomic mass is 10.0. The monoisotopic (exact) mass is 631 g/mol. The average Bonchev–Trinajstić information content (AvgIpc) is 3.82. The van der Waals surface area contributed by atoms with E-state index in [-0.39, 0.29) is 0 Å². The van der Waals surface area contributed by atoms with Gasteiger partial charge in [0.25, 0.3) is 0 Å². The second kappa shape index (κ2) is 9.69. The molecule has 0 fully saturated rings. The molecule has 0 unspecified atom stereocenters. The minimum Gasteiger partial charge on any atom is -0.497 e. The summed E-state index contributed by atoms with van der Waals surface area (Å²) in [5.74, 6) is 1.48. The quantitative estimate of drug-likeness (QED) is 0.194. The maximum absolute atomic E-state index is 6.62. The summed E-state index contributed by atoms with van der Waals surface area (Å²) in [4.78, 5) is 10.6. The van der Waals surface area contributed by atoms with Gasteiger partial charge in [-0.15, -0.1) is 0 Å². The lowest BCUT2D eigenvalue weighted by Crippen LogP contribution is -2.03. The number of nitrogens with zero attached hydrogens (tertiary/aromatic N) is 3. The van der Waals surface area contributed by atoms with Crippen molar-refractivity contribution >= 4 is 87.5 Å². The van der Waals surface area contributed by atoms with Gasteiger partial charge in [-0.1, -0.05) is 72.8 Å². The minimum absolute atomic E-state index is 0.494. The van der Waals surface area contributed by atoms with Gasteiger partial charge in [0.1, 0.15) is 33.7 Å². The maximum atomic E-state index is 6.62. The van der Waals surface area contributed by atoms with E-state index in [0.717, 1.165) is 71.5 Å². The molecule has 49 heavy (non-hydrogen) atoms. The smallest absolute Gasteiger partial charge is 0.247 e. The van der Waals surface area contributed by atoms with E-state index in [9.17, 15) is 0 Å². The molecule has 0 atom stereocenters. The van der Waals surface area contributed by atoms with Crippen LogP contribution in [0.25, 0.3) is 105 Å². The van der Waals surface area contributed by atoms with Crippen molar-refractivity contribution in [3.05, 3.63) is 133 Å².